The van der Waals surface area contributed by atoms with E-state index in [0.717, 1.165) is 0 Å². The largest absolute Gasteiger partial charge is 0.352 e. The second-order valence-corrected chi connectivity index (χ2v) is 8.57. The highest BCUT2D eigenvalue weighted by atomic mass is 35.5. The van der Waals surface area contributed by atoms with E-state index in [2.05, 4.69) is 5.32 Å². The molecule has 0 aliphatic carbocycles. The maximum absolute atomic E-state index is 13.2. The Morgan fingerprint density at radius 1 is 0.862 bits per heavy atom. The SMILES string of the molecule is CC(C)NC(=O)C(C)N(Cc1c(Cl)cccc1Cl)C(=O)Cc1c(Cl)cccc1Cl. The van der Waals surface area contributed by atoms with E-state index in [4.69, 9.17) is 46.4 Å². The van der Waals surface area contributed by atoms with Gasteiger partial charge in [-0.1, -0.05) is 58.5 Å². The first-order valence-electron chi connectivity index (χ1n) is 9.07. The van der Waals surface area contributed by atoms with Crippen molar-refractivity contribution in [3.8, 4) is 0 Å². The van der Waals surface area contributed by atoms with E-state index in [-0.39, 0.29) is 30.8 Å². The number of hydrogen-bond donors (Lipinski definition) is 1. The molecule has 156 valence electrons. The number of halogens is 4. The van der Waals surface area contributed by atoms with Gasteiger partial charge in [0.05, 0.1) is 6.42 Å². The quantitative estimate of drug-likeness (QED) is 0.551. The van der Waals surface area contributed by atoms with Crippen molar-refractivity contribution in [3.63, 3.8) is 0 Å². The van der Waals surface area contributed by atoms with E-state index in [1.165, 1.54) is 4.90 Å². The fourth-order valence-electron chi connectivity index (χ4n) is 2.80. The molecule has 2 rings (SSSR count). The van der Waals surface area contributed by atoms with Gasteiger partial charge in [-0.3, -0.25) is 9.59 Å². The molecular formula is C21H22Cl4N2O2. The summed E-state index contributed by atoms with van der Waals surface area (Å²) in [6, 6.07) is 9.32. The topological polar surface area (TPSA) is 49.4 Å². The number of benzene rings is 2. The average molecular weight is 476 g/mol. The molecule has 0 aliphatic heterocycles. The second-order valence-electron chi connectivity index (χ2n) is 6.94. The molecule has 8 heteroatoms. The summed E-state index contributed by atoms with van der Waals surface area (Å²) in [5.74, 6) is -0.593. The van der Waals surface area contributed by atoms with E-state index < -0.39 is 6.04 Å². The van der Waals surface area contributed by atoms with Crippen LogP contribution in [0.15, 0.2) is 36.4 Å². The Morgan fingerprint density at radius 2 is 1.31 bits per heavy atom. The van der Waals surface area contributed by atoms with Crippen LogP contribution in [-0.4, -0.2) is 28.8 Å². The van der Waals surface area contributed by atoms with Crippen molar-refractivity contribution in [1.29, 1.82) is 0 Å². The fraction of sp³-hybridized carbons (Fsp3) is 0.333. The normalized spacial score (nSPS) is 12.0. The molecular weight excluding hydrogens is 454 g/mol. The van der Waals surface area contributed by atoms with Gasteiger partial charge in [0, 0.05) is 38.2 Å². The zero-order valence-electron chi connectivity index (χ0n) is 16.3. The summed E-state index contributed by atoms with van der Waals surface area (Å²) in [6.45, 7) is 5.44. The minimum atomic E-state index is -0.751. The highest BCUT2D eigenvalue weighted by Crippen LogP contribution is 2.29. The van der Waals surface area contributed by atoms with E-state index in [1.807, 2.05) is 13.8 Å². The Bertz CT molecular complexity index is 862. The molecule has 4 nitrogen and oxygen atoms in total. The van der Waals surface area contributed by atoms with E-state index in [9.17, 15) is 9.59 Å². The Kier molecular flexibility index (Phi) is 8.65. The first-order chi connectivity index (χ1) is 13.6. The summed E-state index contributed by atoms with van der Waals surface area (Å²) >= 11 is 25.0. The summed E-state index contributed by atoms with van der Waals surface area (Å²) in [7, 11) is 0. The maximum Gasteiger partial charge on any atom is 0.242 e. The zero-order chi connectivity index (χ0) is 21.7. The molecule has 0 fully saturated rings. The molecule has 0 heterocycles. The minimum Gasteiger partial charge on any atom is -0.352 e. The van der Waals surface area contributed by atoms with Crippen LogP contribution >= 0.6 is 46.4 Å². The summed E-state index contributed by atoms with van der Waals surface area (Å²) < 4.78 is 0. The van der Waals surface area contributed by atoms with Crippen molar-refractivity contribution in [2.75, 3.05) is 0 Å². The van der Waals surface area contributed by atoms with Crippen LogP contribution in [0.3, 0.4) is 0 Å². The first kappa shape index (κ1) is 23.8. The minimum absolute atomic E-state index is 0.0557. The molecule has 0 aromatic heterocycles. The third kappa shape index (κ3) is 6.26. The monoisotopic (exact) mass is 474 g/mol. The van der Waals surface area contributed by atoms with E-state index in [0.29, 0.717) is 31.2 Å². The Labute approximate surface area is 191 Å². The van der Waals surface area contributed by atoms with Crippen LogP contribution in [-0.2, 0) is 22.6 Å². The van der Waals surface area contributed by atoms with Crippen LogP contribution in [0.5, 0.6) is 0 Å². The van der Waals surface area contributed by atoms with Gasteiger partial charge < -0.3 is 10.2 Å². The standard InChI is InChI=1S/C21H22Cl4N2O2/c1-12(2)26-21(29)13(3)27(11-15-18(24)8-5-9-19(15)25)20(28)10-14-16(22)6-4-7-17(14)23/h4-9,12-13H,10-11H2,1-3H3,(H,26,29). The number of rotatable bonds is 7. The molecule has 2 aromatic rings. The van der Waals surface area contributed by atoms with Gasteiger partial charge in [-0.2, -0.15) is 0 Å². The van der Waals surface area contributed by atoms with Gasteiger partial charge in [0.25, 0.3) is 0 Å². The molecule has 0 aliphatic rings. The van der Waals surface area contributed by atoms with Crippen molar-refractivity contribution in [1.82, 2.24) is 10.2 Å². The van der Waals surface area contributed by atoms with Gasteiger partial charge in [-0.05, 0) is 50.6 Å². The van der Waals surface area contributed by atoms with Gasteiger partial charge in [-0.25, -0.2) is 0 Å². The molecule has 0 saturated carbocycles. The van der Waals surface area contributed by atoms with Crippen LogP contribution in [0, 0.1) is 0 Å². The van der Waals surface area contributed by atoms with Crippen LogP contribution in [0.2, 0.25) is 20.1 Å². The number of hydrogen-bond acceptors (Lipinski definition) is 2. The molecule has 2 amide bonds. The number of carbonyl (C=O) groups excluding carboxylic acids is 2. The lowest BCUT2D eigenvalue weighted by molar-refractivity contribution is -0.140. The zero-order valence-corrected chi connectivity index (χ0v) is 19.3. The summed E-state index contributed by atoms with van der Waals surface area (Å²) in [5, 5.41) is 4.45. The van der Waals surface area contributed by atoms with Crippen LogP contribution in [0.1, 0.15) is 31.9 Å². The second kappa shape index (κ2) is 10.5. The summed E-state index contributed by atoms with van der Waals surface area (Å²) in [6.07, 6.45) is -0.0557. The average Bonchev–Trinajstić information content (AvgIpc) is 2.63. The van der Waals surface area contributed by atoms with Crippen molar-refractivity contribution in [2.24, 2.45) is 0 Å². The lowest BCUT2D eigenvalue weighted by atomic mass is 10.1. The van der Waals surface area contributed by atoms with Gasteiger partial charge in [-0.15, -0.1) is 0 Å². The smallest absolute Gasteiger partial charge is 0.242 e. The van der Waals surface area contributed by atoms with Gasteiger partial charge in [0.2, 0.25) is 11.8 Å². The summed E-state index contributed by atoms with van der Waals surface area (Å²) in [5.41, 5.74) is 1.08. The van der Waals surface area contributed by atoms with Crippen molar-refractivity contribution in [3.05, 3.63) is 67.6 Å². The Hall–Kier alpha value is -1.46. The predicted octanol–water partition coefficient (Wildman–Crippen LogP) is 5.78. The van der Waals surface area contributed by atoms with Gasteiger partial charge >= 0.3 is 0 Å². The molecule has 1 N–H and O–H groups in total. The number of carbonyl (C=O) groups is 2. The molecule has 1 unspecified atom stereocenters. The van der Waals surface area contributed by atoms with Gasteiger partial charge in [0.1, 0.15) is 6.04 Å². The molecule has 0 saturated heterocycles. The molecule has 0 spiro atoms. The maximum atomic E-state index is 13.2. The lowest BCUT2D eigenvalue weighted by Crippen LogP contribution is -2.49. The molecule has 1 atom stereocenters. The van der Waals surface area contributed by atoms with Gasteiger partial charge in [0.15, 0.2) is 0 Å². The Balaban J connectivity index is 2.38. The molecule has 0 radical (unpaired) electrons. The lowest BCUT2D eigenvalue weighted by Gasteiger charge is -2.30. The van der Waals surface area contributed by atoms with Crippen molar-refractivity contribution >= 4 is 58.2 Å². The van der Waals surface area contributed by atoms with Crippen molar-refractivity contribution in [2.45, 2.75) is 45.8 Å². The highest BCUT2D eigenvalue weighted by molar-refractivity contribution is 6.36. The number of amides is 2. The molecule has 29 heavy (non-hydrogen) atoms. The van der Waals surface area contributed by atoms with Crippen LogP contribution in [0.25, 0.3) is 0 Å². The highest BCUT2D eigenvalue weighted by Gasteiger charge is 2.28. The molecule has 0 bridgehead atoms. The number of nitrogens with zero attached hydrogens (tertiary/aromatic N) is 1. The Morgan fingerprint density at radius 3 is 1.76 bits per heavy atom. The van der Waals surface area contributed by atoms with E-state index in [1.54, 1.807) is 43.3 Å². The van der Waals surface area contributed by atoms with Crippen LogP contribution in [0.4, 0.5) is 0 Å². The fourth-order valence-corrected chi connectivity index (χ4v) is 3.84. The third-order valence-electron chi connectivity index (χ3n) is 4.38. The van der Waals surface area contributed by atoms with Crippen LogP contribution < -0.4 is 5.32 Å². The summed E-state index contributed by atoms with van der Waals surface area (Å²) in [4.78, 5) is 27.3. The third-order valence-corrected chi connectivity index (χ3v) is 5.79. The molecule has 2 aromatic carbocycles. The first-order valence-corrected chi connectivity index (χ1v) is 10.6. The van der Waals surface area contributed by atoms with Crippen molar-refractivity contribution < 1.29 is 9.59 Å². The van der Waals surface area contributed by atoms with E-state index >= 15 is 0 Å². The number of nitrogens with one attached hydrogen (secondary N) is 1. The predicted molar refractivity (Wildman–Crippen MR) is 120 cm³/mol.